The van der Waals surface area contributed by atoms with Gasteiger partial charge in [-0.25, -0.2) is 8.78 Å². The highest BCUT2D eigenvalue weighted by atomic mass is 35.5. The Hall–Kier alpha value is -1.16. The first-order chi connectivity index (χ1) is 10.0. The fraction of sp³-hybridized carbons (Fsp3) is 0.250. The first-order valence-electron chi connectivity index (χ1n) is 6.64. The molecule has 0 heterocycles. The Balaban J connectivity index is 2.30. The van der Waals surface area contributed by atoms with E-state index in [9.17, 15) is 8.78 Å². The summed E-state index contributed by atoms with van der Waals surface area (Å²) >= 11 is 12.3. The Kier molecular flexibility index (Phi) is 5.57. The predicted octanol–water partition coefficient (Wildman–Crippen LogP) is 5.16. The highest BCUT2D eigenvalue weighted by molar-refractivity contribution is 6.42. The van der Waals surface area contributed by atoms with Crippen LogP contribution in [0.25, 0.3) is 0 Å². The SMILES string of the molecule is CCNC(Cc1ccc(F)c(F)c1)c1cccc(Cl)c1Cl. The van der Waals surface area contributed by atoms with E-state index in [1.165, 1.54) is 6.07 Å². The molecule has 21 heavy (non-hydrogen) atoms. The largest absolute Gasteiger partial charge is 0.310 e. The van der Waals surface area contributed by atoms with Gasteiger partial charge in [0.25, 0.3) is 0 Å². The maximum absolute atomic E-state index is 13.3. The zero-order chi connectivity index (χ0) is 15.4. The van der Waals surface area contributed by atoms with Crippen molar-refractivity contribution in [3.05, 3.63) is 69.2 Å². The molecule has 1 nitrogen and oxygen atoms in total. The number of halogens is 4. The molecule has 1 unspecified atom stereocenters. The van der Waals surface area contributed by atoms with Gasteiger partial charge in [0, 0.05) is 6.04 Å². The molecule has 0 aliphatic rings. The molecule has 2 rings (SSSR count). The van der Waals surface area contributed by atoms with Gasteiger partial charge in [-0.1, -0.05) is 48.3 Å². The number of likely N-dealkylation sites (N-methyl/N-ethyl adjacent to an activating group) is 1. The molecule has 1 atom stereocenters. The van der Waals surface area contributed by atoms with Gasteiger partial charge in [-0.05, 0) is 42.3 Å². The van der Waals surface area contributed by atoms with Crippen LogP contribution < -0.4 is 5.32 Å². The Morgan fingerprint density at radius 2 is 1.86 bits per heavy atom. The van der Waals surface area contributed by atoms with E-state index in [0.29, 0.717) is 22.0 Å². The van der Waals surface area contributed by atoms with E-state index in [-0.39, 0.29) is 6.04 Å². The summed E-state index contributed by atoms with van der Waals surface area (Å²) in [5.41, 5.74) is 1.53. The van der Waals surface area contributed by atoms with E-state index >= 15 is 0 Å². The average Bonchev–Trinajstić information content (AvgIpc) is 2.45. The highest BCUT2D eigenvalue weighted by Gasteiger charge is 2.17. The molecule has 5 heteroatoms. The summed E-state index contributed by atoms with van der Waals surface area (Å²) in [4.78, 5) is 0. The molecule has 0 aliphatic heterocycles. The van der Waals surface area contributed by atoms with Crippen LogP contribution in [-0.2, 0) is 6.42 Å². The van der Waals surface area contributed by atoms with Crippen molar-refractivity contribution in [2.45, 2.75) is 19.4 Å². The number of benzene rings is 2. The van der Waals surface area contributed by atoms with Crippen molar-refractivity contribution in [2.75, 3.05) is 6.54 Å². The summed E-state index contributed by atoms with van der Waals surface area (Å²) in [6.07, 6.45) is 0.491. The van der Waals surface area contributed by atoms with Crippen molar-refractivity contribution in [1.29, 1.82) is 0 Å². The van der Waals surface area contributed by atoms with Crippen molar-refractivity contribution >= 4 is 23.2 Å². The van der Waals surface area contributed by atoms with Gasteiger partial charge in [0.2, 0.25) is 0 Å². The third kappa shape index (κ3) is 3.94. The predicted molar refractivity (Wildman–Crippen MR) is 82.9 cm³/mol. The third-order valence-electron chi connectivity index (χ3n) is 3.23. The lowest BCUT2D eigenvalue weighted by atomic mass is 9.98. The maximum atomic E-state index is 13.3. The second kappa shape index (κ2) is 7.21. The zero-order valence-electron chi connectivity index (χ0n) is 11.5. The van der Waals surface area contributed by atoms with Crippen LogP contribution in [0.3, 0.4) is 0 Å². The molecular weight excluding hydrogens is 315 g/mol. The van der Waals surface area contributed by atoms with Crippen LogP contribution in [0.2, 0.25) is 10.0 Å². The molecule has 0 saturated carbocycles. The van der Waals surface area contributed by atoms with Gasteiger partial charge in [-0.2, -0.15) is 0 Å². The third-order valence-corrected chi connectivity index (χ3v) is 4.06. The van der Waals surface area contributed by atoms with Crippen LogP contribution in [0.1, 0.15) is 24.1 Å². The average molecular weight is 330 g/mol. The van der Waals surface area contributed by atoms with Gasteiger partial charge < -0.3 is 5.32 Å². The molecule has 0 fully saturated rings. The topological polar surface area (TPSA) is 12.0 Å². The normalized spacial score (nSPS) is 12.4. The fourth-order valence-corrected chi connectivity index (χ4v) is 2.67. The van der Waals surface area contributed by atoms with Gasteiger partial charge in [0.1, 0.15) is 0 Å². The van der Waals surface area contributed by atoms with Crippen LogP contribution >= 0.6 is 23.2 Å². The Labute approximate surface area is 132 Å². The van der Waals surface area contributed by atoms with E-state index in [4.69, 9.17) is 23.2 Å². The smallest absolute Gasteiger partial charge is 0.159 e. The first-order valence-corrected chi connectivity index (χ1v) is 7.39. The van der Waals surface area contributed by atoms with Crippen LogP contribution in [0, 0.1) is 11.6 Å². The molecular formula is C16H15Cl2F2N. The van der Waals surface area contributed by atoms with Crippen molar-refractivity contribution < 1.29 is 8.78 Å². The number of rotatable bonds is 5. The quantitative estimate of drug-likeness (QED) is 0.798. The van der Waals surface area contributed by atoms with E-state index in [1.807, 2.05) is 19.1 Å². The van der Waals surface area contributed by atoms with Gasteiger partial charge in [-0.3, -0.25) is 0 Å². The first kappa shape index (κ1) is 16.2. The summed E-state index contributed by atoms with van der Waals surface area (Å²) in [7, 11) is 0. The lowest BCUT2D eigenvalue weighted by Gasteiger charge is -2.20. The molecule has 0 amide bonds. The summed E-state index contributed by atoms with van der Waals surface area (Å²) < 4.78 is 26.3. The van der Waals surface area contributed by atoms with E-state index < -0.39 is 11.6 Å². The maximum Gasteiger partial charge on any atom is 0.159 e. The van der Waals surface area contributed by atoms with Gasteiger partial charge >= 0.3 is 0 Å². The molecule has 0 spiro atoms. The van der Waals surface area contributed by atoms with Gasteiger partial charge in [-0.15, -0.1) is 0 Å². The zero-order valence-corrected chi connectivity index (χ0v) is 13.0. The monoisotopic (exact) mass is 329 g/mol. The molecule has 0 aromatic heterocycles. The molecule has 2 aromatic rings. The Bertz CT molecular complexity index is 632. The lowest BCUT2D eigenvalue weighted by molar-refractivity contribution is 0.502. The standard InChI is InChI=1S/C16H15Cl2F2N/c1-2-21-15(11-4-3-5-12(17)16(11)18)9-10-6-7-13(19)14(20)8-10/h3-8,15,21H,2,9H2,1H3. The molecule has 1 N–H and O–H groups in total. The summed E-state index contributed by atoms with van der Waals surface area (Å²) in [6.45, 7) is 2.69. The second-order valence-electron chi connectivity index (χ2n) is 4.71. The fourth-order valence-electron chi connectivity index (χ4n) is 2.23. The highest BCUT2D eigenvalue weighted by Crippen LogP contribution is 2.31. The van der Waals surface area contributed by atoms with Crippen molar-refractivity contribution in [3.8, 4) is 0 Å². The van der Waals surface area contributed by atoms with Crippen LogP contribution in [0.5, 0.6) is 0 Å². The van der Waals surface area contributed by atoms with E-state index in [0.717, 1.165) is 18.2 Å². The molecule has 0 radical (unpaired) electrons. The Morgan fingerprint density at radius 1 is 1.10 bits per heavy atom. The van der Waals surface area contributed by atoms with Crippen molar-refractivity contribution in [2.24, 2.45) is 0 Å². The molecule has 0 saturated heterocycles. The van der Waals surface area contributed by atoms with Crippen LogP contribution in [0.4, 0.5) is 8.78 Å². The van der Waals surface area contributed by atoms with E-state index in [2.05, 4.69) is 5.32 Å². The van der Waals surface area contributed by atoms with Crippen LogP contribution in [0.15, 0.2) is 36.4 Å². The number of nitrogens with one attached hydrogen (secondary N) is 1. The van der Waals surface area contributed by atoms with Gasteiger partial charge in [0.05, 0.1) is 10.0 Å². The Morgan fingerprint density at radius 3 is 2.52 bits per heavy atom. The summed E-state index contributed by atoms with van der Waals surface area (Å²) in [5, 5.41) is 4.24. The van der Waals surface area contributed by atoms with Crippen LogP contribution in [-0.4, -0.2) is 6.54 Å². The van der Waals surface area contributed by atoms with E-state index in [1.54, 1.807) is 12.1 Å². The number of hydrogen-bond donors (Lipinski definition) is 1. The van der Waals surface area contributed by atoms with Crippen molar-refractivity contribution in [3.63, 3.8) is 0 Å². The molecule has 2 aromatic carbocycles. The molecule has 0 aliphatic carbocycles. The second-order valence-corrected chi connectivity index (χ2v) is 5.49. The minimum Gasteiger partial charge on any atom is -0.310 e. The minimum atomic E-state index is -0.848. The molecule has 112 valence electrons. The summed E-state index contributed by atoms with van der Waals surface area (Å²) in [6, 6.07) is 9.20. The van der Waals surface area contributed by atoms with Gasteiger partial charge in [0.15, 0.2) is 11.6 Å². The molecule has 0 bridgehead atoms. The number of hydrogen-bond acceptors (Lipinski definition) is 1. The van der Waals surface area contributed by atoms with Crippen molar-refractivity contribution in [1.82, 2.24) is 5.32 Å². The lowest BCUT2D eigenvalue weighted by Crippen LogP contribution is -2.23. The summed E-state index contributed by atoms with van der Waals surface area (Å²) in [5.74, 6) is -1.69. The minimum absolute atomic E-state index is 0.119.